The summed E-state index contributed by atoms with van der Waals surface area (Å²) >= 11 is 0. The monoisotopic (exact) mass is 699 g/mol. The average Bonchev–Trinajstić information content (AvgIpc) is 3.84. The number of aromatic nitrogens is 1. The molecule has 6 nitrogen and oxygen atoms in total. The van der Waals surface area contributed by atoms with E-state index in [1.54, 1.807) is 0 Å². The van der Waals surface area contributed by atoms with Crippen LogP contribution in [0.4, 0.5) is 11.4 Å². The quantitative estimate of drug-likeness (QED) is 0.125. The van der Waals surface area contributed by atoms with Crippen LogP contribution in [0.5, 0.6) is 0 Å². The summed E-state index contributed by atoms with van der Waals surface area (Å²) in [5.74, 6) is -0.161. The molecule has 2 aliphatic heterocycles. The molecule has 274 valence electrons. The number of nitrogens with zero attached hydrogens (tertiary/aromatic N) is 2. The Kier molecular flexibility index (Phi) is 9.47. The maximum Gasteiger partial charge on any atom is 0.229 e. The van der Waals surface area contributed by atoms with E-state index in [0.717, 1.165) is 70.9 Å². The summed E-state index contributed by atoms with van der Waals surface area (Å²) in [6.07, 6.45) is 15.0. The minimum Gasteiger partial charge on any atom is -0.325 e. The fourth-order valence-electron chi connectivity index (χ4n) is 8.70. The van der Waals surface area contributed by atoms with E-state index in [2.05, 4.69) is 125 Å². The molecular formula is C46H59N4O2+. The molecule has 0 bridgehead atoms. The molecule has 0 saturated heterocycles. The molecule has 2 aliphatic carbocycles. The molecule has 1 aromatic heterocycles. The smallest absolute Gasteiger partial charge is 0.229 e. The molecule has 4 atom stereocenters. The number of anilines is 2. The van der Waals surface area contributed by atoms with Gasteiger partial charge in [0.25, 0.3) is 0 Å². The van der Waals surface area contributed by atoms with E-state index in [1.807, 2.05) is 37.3 Å². The van der Waals surface area contributed by atoms with Crippen molar-refractivity contribution >= 4 is 41.1 Å². The fourth-order valence-corrected chi connectivity index (χ4v) is 8.70. The summed E-state index contributed by atoms with van der Waals surface area (Å²) in [7, 11) is 0. The number of allylic oxidation sites excluding steroid dienone is 7. The van der Waals surface area contributed by atoms with Crippen LogP contribution in [0.2, 0.25) is 0 Å². The predicted octanol–water partition coefficient (Wildman–Crippen LogP) is 8.86. The van der Waals surface area contributed by atoms with Crippen molar-refractivity contribution < 1.29 is 14.2 Å². The van der Waals surface area contributed by atoms with E-state index in [9.17, 15) is 9.59 Å². The van der Waals surface area contributed by atoms with Gasteiger partial charge in [0.2, 0.25) is 29.9 Å². The second-order valence-corrected chi connectivity index (χ2v) is 17.7. The Morgan fingerprint density at radius 3 is 2.17 bits per heavy atom. The van der Waals surface area contributed by atoms with Crippen LogP contribution in [0.3, 0.4) is 0 Å². The average molecular weight is 700 g/mol. The van der Waals surface area contributed by atoms with Gasteiger partial charge in [0.15, 0.2) is 0 Å². The van der Waals surface area contributed by atoms with E-state index in [0.29, 0.717) is 18.0 Å². The molecule has 2 amide bonds. The molecule has 0 spiro atoms. The zero-order valence-electron chi connectivity index (χ0n) is 33.0. The van der Waals surface area contributed by atoms with Gasteiger partial charge in [-0.1, -0.05) is 90.6 Å². The summed E-state index contributed by atoms with van der Waals surface area (Å²) < 4.78 is 4.48. The van der Waals surface area contributed by atoms with Gasteiger partial charge in [0.05, 0.1) is 22.3 Å². The summed E-state index contributed by atoms with van der Waals surface area (Å²) in [5, 5.41) is 8.67. The molecule has 52 heavy (non-hydrogen) atoms. The largest absolute Gasteiger partial charge is 0.325 e. The maximum atomic E-state index is 14.2. The van der Waals surface area contributed by atoms with Crippen LogP contribution in [0.15, 0.2) is 90.7 Å². The summed E-state index contributed by atoms with van der Waals surface area (Å²) in [6.45, 7) is 32.9. The Morgan fingerprint density at radius 2 is 1.58 bits per heavy atom. The first-order valence-corrected chi connectivity index (χ1v) is 19.0. The molecule has 2 aromatic rings. The third kappa shape index (κ3) is 6.66. The lowest BCUT2D eigenvalue weighted by molar-refractivity contribution is -0.503. The predicted molar refractivity (Wildman–Crippen MR) is 216 cm³/mol. The van der Waals surface area contributed by atoms with Crippen molar-refractivity contribution in [2.75, 3.05) is 10.6 Å². The maximum absolute atomic E-state index is 14.2. The molecule has 2 fully saturated rings. The topological polar surface area (TPSA) is 66.1 Å². The summed E-state index contributed by atoms with van der Waals surface area (Å²) in [4.78, 5) is 28.4. The normalized spacial score (nSPS) is 25.9. The lowest BCUT2D eigenvalue weighted by Gasteiger charge is -2.29. The highest BCUT2D eigenvalue weighted by Crippen LogP contribution is 2.60. The first kappa shape index (κ1) is 37.3. The van der Waals surface area contributed by atoms with Gasteiger partial charge in [0, 0.05) is 34.9 Å². The molecule has 6 heteroatoms. The van der Waals surface area contributed by atoms with E-state index in [1.165, 1.54) is 5.57 Å². The van der Waals surface area contributed by atoms with Gasteiger partial charge < -0.3 is 10.6 Å². The Hall–Kier alpha value is -4.45. The first-order chi connectivity index (χ1) is 24.4. The lowest BCUT2D eigenvalue weighted by atomic mass is 9.75. The standard InChI is InChI=1S/C46H58N4O2/c1-13-29(4)43(7,8)23-24-45(11)25-33(45)41(51)47-35-17-16-18-36(48-42(52)34-26-46(34,12)27-44(9,10)30(5)14-2)39(35)40-37-21-19-31(6)49(37)28-50-32(15-3)20-22-38(40)50/h13-22,33-34H,2,5-6,23-28H2,1,3-4,7-12H3,(H-,47,48,51,52)/p+1. The van der Waals surface area contributed by atoms with Gasteiger partial charge in [-0.05, 0) is 105 Å². The Labute approximate surface area is 311 Å². The van der Waals surface area contributed by atoms with Crippen molar-refractivity contribution in [3.63, 3.8) is 0 Å². The van der Waals surface area contributed by atoms with Crippen molar-refractivity contribution in [3.8, 4) is 0 Å². The van der Waals surface area contributed by atoms with Crippen molar-refractivity contribution in [2.45, 2.75) is 101 Å². The van der Waals surface area contributed by atoms with E-state index in [4.69, 9.17) is 0 Å². The fraction of sp³-hybridized carbons (Fsp3) is 0.457. The number of rotatable bonds is 13. The summed E-state index contributed by atoms with van der Waals surface area (Å²) in [5.41, 5.74) is 7.43. The number of fused-ring (bicyclic) bond motifs is 1. The second-order valence-electron chi connectivity index (χ2n) is 17.7. The lowest BCUT2D eigenvalue weighted by Crippen LogP contribution is -2.40. The van der Waals surface area contributed by atoms with Crippen LogP contribution in [-0.2, 0) is 16.3 Å². The van der Waals surface area contributed by atoms with Crippen LogP contribution < -0.4 is 21.3 Å². The van der Waals surface area contributed by atoms with Crippen molar-refractivity contribution in [2.24, 2.45) is 33.5 Å². The molecule has 6 rings (SSSR count). The van der Waals surface area contributed by atoms with Crippen LogP contribution >= 0.6 is 0 Å². The zero-order valence-corrected chi connectivity index (χ0v) is 33.0. The van der Waals surface area contributed by atoms with Crippen molar-refractivity contribution in [1.82, 2.24) is 4.57 Å². The Morgan fingerprint density at radius 1 is 0.962 bits per heavy atom. The number of benzene rings is 1. The molecule has 1 aromatic carbocycles. The van der Waals surface area contributed by atoms with Gasteiger partial charge in [-0.3, -0.25) is 14.2 Å². The molecule has 0 radical (unpaired) electrons. The van der Waals surface area contributed by atoms with E-state index >= 15 is 0 Å². The number of nitrogens with one attached hydrogen (secondary N) is 2. The van der Waals surface area contributed by atoms with Crippen LogP contribution in [0.1, 0.15) is 100.0 Å². The highest BCUT2D eigenvalue weighted by Gasteiger charge is 2.57. The van der Waals surface area contributed by atoms with Gasteiger partial charge in [-0.15, -0.1) is 0 Å². The van der Waals surface area contributed by atoms with Gasteiger partial charge in [-0.25, -0.2) is 0 Å². The highest BCUT2D eigenvalue weighted by atomic mass is 16.2. The van der Waals surface area contributed by atoms with Crippen molar-refractivity contribution in [1.29, 1.82) is 0 Å². The number of hydrogen-bond acceptors (Lipinski definition) is 2. The van der Waals surface area contributed by atoms with Gasteiger partial charge >= 0.3 is 0 Å². The van der Waals surface area contributed by atoms with E-state index < -0.39 is 0 Å². The third-order valence-electron chi connectivity index (χ3n) is 13.1. The van der Waals surface area contributed by atoms with Crippen LogP contribution in [0.25, 0.3) is 12.2 Å². The first-order valence-electron chi connectivity index (χ1n) is 19.0. The molecule has 2 N–H and O–H groups in total. The molecule has 2 saturated carbocycles. The zero-order chi connectivity index (χ0) is 38.0. The number of carbonyl (C=O) groups excluding carboxylic acids is 2. The molecule has 4 unspecified atom stereocenters. The summed E-state index contributed by atoms with van der Waals surface area (Å²) in [6, 6.07) is 10.0. The number of amides is 2. The van der Waals surface area contributed by atoms with Crippen LogP contribution in [-0.4, -0.2) is 26.7 Å². The minimum absolute atomic E-state index is 0.00338. The minimum atomic E-state index is -0.159. The highest BCUT2D eigenvalue weighted by molar-refractivity contribution is 6.30. The number of hydrogen-bond donors (Lipinski definition) is 2. The third-order valence-corrected chi connectivity index (χ3v) is 13.1. The van der Waals surface area contributed by atoms with Crippen LogP contribution in [0, 0.1) is 33.5 Å². The SMILES string of the molecule is C=CC(=C)C(C)(C)CC1(C)CC1C(=O)Nc1cccc(NC(=O)C2CC2(C)CCC(C)(C)C(C)=CC)c1C1=c2ccc(=C)n2C[N+]2=C1C=CC2=CC. The molecular weight excluding hydrogens is 641 g/mol. The Balaban J connectivity index is 1.37. The molecule has 3 heterocycles. The van der Waals surface area contributed by atoms with Gasteiger partial charge in [0.1, 0.15) is 0 Å². The second kappa shape index (κ2) is 13.2. The van der Waals surface area contributed by atoms with Crippen molar-refractivity contribution in [3.05, 3.63) is 107 Å². The van der Waals surface area contributed by atoms with E-state index in [-0.39, 0.29) is 45.3 Å². The Bertz CT molecular complexity index is 2120. The van der Waals surface area contributed by atoms with Gasteiger partial charge in [-0.2, -0.15) is 4.58 Å². The molecule has 4 aliphatic rings. The number of carbonyl (C=O) groups is 2.